The van der Waals surface area contributed by atoms with Gasteiger partial charge in [-0.1, -0.05) is 30.0 Å². The number of rotatable bonds is 4. The lowest BCUT2D eigenvalue weighted by atomic mass is 10.1. The molecule has 2 N–H and O–H groups in total. The van der Waals surface area contributed by atoms with Crippen LogP contribution in [0.5, 0.6) is 0 Å². The van der Waals surface area contributed by atoms with Gasteiger partial charge in [-0.15, -0.1) is 0 Å². The number of nitrogens with one attached hydrogen (secondary N) is 2. The Balaban J connectivity index is 1.51. The molecule has 2 heterocycles. The van der Waals surface area contributed by atoms with Crippen LogP contribution in [0.25, 0.3) is 10.9 Å². The largest absolute Gasteiger partial charge is 0.361 e. The van der Waals surface area contributed by atoms with Crippen molar-refractivity contribution >= 4 is 33.7 Å². The minimum atomic E-state index is 0.0676. The van der Waals surface area contributed by atoms with E-state index in [0.717, 1.165) is 35.8 Å². The fourth-order valence-electron chi connectivity index (χ4n) is 2.37. The molecule has 0 saturated carbocycles. The quantitative estimate of drug-likeness (QED) is 0.908. The van der Waals surface area contributed by atoms with Crippen molar-refractivity contribution in [2.24, 2.45) is 4.99 Å². The Morgan fingerprint density at radius 3 is 3.15 bits per heavy atom. The van der Waals surface area contributed by atoms with E-state index < -0.39 is 0 Å². The minimum Gasteiger partial charge on any atom is -0.361 e. The van der Waals surface area contributed by atoms with Gasteiger partial charge in [0.2, 0.25) is 5.91 Å². The molecule has 0 atom stereocenters. The van der Waals surface area contributed by atoms with Crippen molar-refractivity contribution in [1.29, 1.82) is 0 Å². The molecular weight excluding hydrogens is 270 g/mol. The SMILES string of the molecule is O=C(CCCc1c[nH]c2ccccc12)NC1=NCCS1. The van der Waals surface area contributed by atoms with Gasteiger partial charge in [0.05, 0.1) is 6.54 Å². The fraction of sp³-hybridized carbons (Fsp3) is 0.333. The van der Waals surface area contributed by atoms with Crippen LogP contribution in [-0.2, 0) is 11.2 Å². The number of hydrogen-bond donors (Lipinski definition) is 2. The third-order valence-corrected chi connectivity index (χ3v) is 4.25. The molecule has 1 aliphatic rings. The van der Waals surface area contributed by atoms with Crippen LogP contribution in [-0.4, -0.2) is 28.4 Å². The predicted molar refractivity (Wildman–Crippen MR) is 84.1 cm³/mol. The Labute approximate surface area is 122 Å². The van der Waals surface area contributed by atoms with Crippen LogP contribution in [0.2, 0.25) is 0 Å². The van der Waals surface area contributed by atoms with Crippen LogP contribution in [0.15, 0.2) is 35.5 Å². The molecule has 0 saturated heterocycles. The molecule has 20 heavy (non-hydrogen) atoms. The number of nitrogens with zero attached hydrogens (tertiary/aromatic N) is 1. The number of aliphatic imine (C=N–C) groups is 1. The monoisotopic (exact) mass is 287 g/mol. The summed E-state index contributed by atoms with van der Waals surface area (Å²) in [6.07, 6.45) is 4.35. The number of carbonyl (C=O) groups excluding carboxylic acids is 1. The molecule has 0 aliphatic carbocycles. The molecule has 0 spiro atoms. The summed E-state index contributed by atoms with van der Waals surface area (Å²) in [4.78, 5) is 19.3. The summed E-state index contributed by atoms with van der Waals surface area (Å²) >= 11 is 1.62. The summed E-state index contributed by atoms with van der Waals surface area (Å²) in [5.74, 6) is 1.04. The summed E-state index contributed by atoms with van der Waals surface area (Å²) in [5.41, 5.74) is 2.43. The lowest BCUT2D eigenvalue weighted by Gasteiger charge is -2.03. The third kappa shape index (κ3) is 3.04. The van der Waals surface area contributed by atoms with E-state index >= 15 is 0 Å². The summed E-state index contributed by atoms with van der Waals surface area (Å²) < 4.78 is 0. The Bertz CT molecular complexity index is 647. The van der Waals surface area contributed by atoms with Gasteiger partial charge in [0.15, 0.2) is 5.17 Å². The Morgan fingerprint density at radius 1 is 1.40 bits per heavy atom. The highest BCUT2D eigenvalue weighted by Gasteiger charge is 2.11. The second kappa shape index (κ2) is 6.13. The van der Waals surface area contributed by atoms with Crippen LogP contribution in [0, 0.1) is 0 Å². The van der Waals surface area contributed by atoms with E-state index in [4.69, 9.17) is 0 Å². The highest BCUT2D eigenvalue weighted by Crippen LogP contribution is 2.19. The molecule has 0 radical (unpaired) electrons. The summed E-state index contributed by atoms with van der Waals surface area (Å²) in [6.45, 7) is 0.815. The first-order valence-corrected chi connectivity index (χ1v) is 7.83. The molecule has 1 aromatic carbocycles. The van der Waals surface area contributed by atoms with Crippen molar-refractivity contribution in [2.45, 2.75) is 19.3 Å². The lowest BCUT2D eigenvalue weighted by Crippen LogP contribution is -2.27. The van der Waals surface area contributed by atoms with Gasteiger partial charge >= 0.3 is 0 Å². The van der Waals surface area contributed by atoms with Crippen molar-refractivity contribution in [3.63, 3.8) is 0 Å². The van der Waals surface area contributed by atoms with Crippen LogP contribution >= 0.6 is 11.8 Å². The number of para-hydroxylation sites is 1. The van der Waals surface area contributed by atoms with E-state index in [9.17, 15) is 4.79 Å². The maximum absolute atomic E-state index is 11.8. The maximum atomic E-state index is 11.8. The number of thioether (sulfide) groups is 1. The van der Waals surface area contributed by atoms with Crippen molar-refractivity contribution in [2.75, 3.05) is 12.3 Å². The molecule has 3 rings (SSSR count). The van der Waals surface area contributed by atoms with Gasteiger partial charge in [-0.3, -0.25) is 9.79 Å². The Kier molecular flexibility index (Phi) is 4.06. The first kappa shape index (κ1) is 13.2. The van der Waals surface area contributed by atoms with Crippen molar-refractivity contribution < 1.29 is 4.79 Å². The maximum Gasteiger partial charge on any atom is 0.225 e. The van der Waals surface area contributed by atoms with E-state index in [1.54, 1.807) is 11.8 Å². The normalized spacial score (nSPS) is 14.5. The number of aromatic nitrogens is 1. The van der Waals surface area contributed by atoms with Crippen LogP contribution in [0.3, 0.4) is 0 Å². The van der Waals surface area contributed by atoms with Crippen molar-refractivity contribution in [1.82, 2.24) is 10.3 Å². The fourth-order valence-corrected chi connectivity index (χ4v) is 3.11. The van der Waals surface area contributed by atoms with Crippen molar-refractivity contribution in [3.8, 4) is 0 Å². The number of aryl methyl sites for hydroxylation is 1. The van der Waals surface area contributed by atoms with Crippen LogP contribution in [0.1, 0.15) is 18.4 Å². The first-order valence-electron chi connectivity index (χ1n) is 6.85. The van der Waals surface area contributed by atoms with E-state index in [-0.39, 0.29) is 5.91 Å². The molecule has 1 aromatic heterocycles. The third-order valence-electron chi connectivity index (χ3n) is 3.36. The average molecular weight is 287 g/mol. The minimum absolute atomic E-state index is 0.0676. The van der Waals surface area contributed by atoms with Gasteiger partial charge < -0.3 is 10.3 Å². The number of fused-ring (bicyclic) bond motifs is 1. The summed E-state index contributed by atoms with van der Waals surface area (Å²) in [6, 6.07) is 8.25. The Morgan fingerprint density at radius 2 is 2.30 bits per heavy atom. The molecule has 104 valence electrons. The van der Waals surface area contributed by atoms with Gasteiger partial charge in [0.25, 0.3) is 0 Å². The number of amidine groups is 1. The second-order valence-electron chi connectivity index (χ2n) is 4.80. The number of hydrogen-bond acceptors (Lipinski definition) is 3. The van der Waals surface area contributed by atoms with Crippen LogP contribution in [0.4, 0.5) is 0 Å². The predicted octanol–water partition coefficient (Wildman–Crippen LogP) is 2.71. The second-order valence-corrected chi connectivity index (χ2v) is 5.88. The molecule has 5 heteroatoms. The standard InChI is InChI=1S/C15H17N3OS/c19-14(18-15-16-8-9-20-15)7-3-4-11-10-17-13-6-2-1-5-12(11)13/h1-2,5-6,10,17H,3-4,7-9H2,(H,16,18,19). The molecule has 4 nitrogen and oxygen atoms in total. The van der Waals surface area contributed by atoms with E-state index in [2.05, 4.69) is 27.4 Å². The number of benzene rings is 1. The zero-order valence-electron chi connectivity index (χ0n) is 11.2. The topological polar surface area (TPSA) is 57.2 Å². The molecule has 2 aromatic rings. The number of aromatic amines is 1. The smallest absolute Gasteiger partial charge is 0.225 e. The molecule has 1 aliphatic heterocycles. The Hall–Kier alpha value is -1.75. The highest BCUT2D eigenvalue weighted by molar-refractivity contribution is 8.14. The molecular formula is C15H17N3OS. The van der Waals surface area contributed by atoms with Crippen molar-refractivity contribution in [3.05, 3.63) is 36.0 Å². The van der Waals surface area contributed by atoms with E-state index in [1.807, 2.05) is 18.3 Å². The van der Waals surface area contributed by atoms with E-state index in [0.29, 0.717) is 6.42 Å². The van der Waals surface area contributed by atoms with Gasteiger partial charge in [-0.05, 0) is 24.5 Å². The molecule has 1 amide bonds. The van der Waals surface area contributed by atoms with Crippen LogP contribution < -0.4 is 5.32 Å². The molecule has 0 unspecified atom stereocenters. The lowest BCUT2D eigenvalue weighted by molar-refractivity contribution is -0.119. The van der Waals surface area contributed by atoms with Gasteiger partial charge in [-0.2, -0.15) is 0 Å². The summed E-state index contributed by atoms with van der Waals surface area (Å²) in [7, 11) is 0. The van der Waals surface area contributed by atoms with Gasteiger partial charge in [0.1, 0.15) is 0 Å². The summed E-state index contributed by atoms with van der Waals surface area (Å²) in [5, 5.41) is 4.90. The number of carbonyl (C=O) groups is 1. The zero-order valence-corrected chi connectivity index (χ0v) is 12.0. The highest BCUT2D eigenvalue weighted by atomic mass is 32.2. The number of amides is 1. The number of H-pyrrole nitrogens is 1. The van der Waals surface area contributed by atoms with Gasteiger partial charge in [0, 0.05) is 29.3 Å². The zero-order chi connectivity index (χ0) is 13.8. The average Bonchev–Trinajstić information content (AvgIpc) is 3.09. The van der Waals surface area contributed by atoms with Gasteiger partial charge in [-0.25, -0.2) is 0 Å². The molecule has 0 bridgehead atoms. The van der Waals surface area contributed by atoms with E-state index in [1.165, 1.54) is 10.9 Å². The first-order chi connectivity index (χ1) is 9.83. The molecule has 0 fully saturated rings.